The lowest BCUT2D eigenvalue weighted by atomic mass is 10.2. The molecule has 2 aromatic heterocycles. The van der Waals surface area contributed by atoms with E-state index in [9.17, 15) is 14.7 Å². The van der Waals surface area contributed by atoms with Crippen molar-refractivity contribution in [3.05, 3.63) is 50.7 Å². The Kier molecular flexibility index (Phi) is 3.68. The summed E-state index contributed by atoms with van der Waals surface area (Å²) in [6.07, 6.45) is 1.55. The third kappa shape index (κ3) is 2.45. The van der Waals surface area contributed by atoms with E-state index in [4.69, 9.17) is 0 Å². The van der Waals surface area contributed by atoms with Crippen LogP contribution in [0.1, 0.15) is 5.56 Å². The van der Waals surface area contributed by atoms with E-state index in [0.29, 0.717) is 11.5 Å². The lowest BCUT2D eigenvalue weighted by Gasteiger charge is -2.03. The summed E-state index contributed by atoms with van der Waals surface area (Å²) in [7, 11) is 4.65. The zero-order chi connectivity index (χ0) is 17.4. The Hall–Kier alpha value is -3.36. The zero-order valence-electron chi connectivity index (χ0n) is 13.4. The van der Waals surface area contributed by atoms with E-state index < -0.39 is 11.2 Å². The normalized spacial score (nSPS) is 11.5. The molecule has 0 bridgehead atoms. The van der Waals surface area contributed by atoms with E-state index in [1.54, 1.807) is 49.1 Å². The minimum atomic E-state index is -0.440. The second kappa shape index (κ2) is 5.69. The average molecular weight is 328 g/mol. The number of fused-ring (bicyclic) bond motifs is 1. The second-order valence-electron chi connectivity index (χ2n) is 5.33. The molecule has 0 aliphatic carbocycles. The van der Waals surface area contributed by atoms with Crippen molar-refractivity contribution in [3.63, 3.8) is 0 Å². The van der Waals surface area contributed by atoms with Crippen molar-refractivity contribution >= 4 is 23.3 Å². The molecule has 0 fully saturated rings. The van der Waals surface area contributed by atoms with Gasteiger partial charge in [0.05, 0.1) is 6.21 Å². The minimum absolute atomic E-state index is 0.173. The molecular formula is C15H16N6O3. The van der Waals surface area contributed by atoms with E-state index in [0.717, 1.165) is 10.1 Å². The Morgan fingerprint density at radius 1 is 1.08 bits per heavy atom. The van der Waals surface area contributed by atoms with Gasteiger partial charge in [-0.1, -0.05) is 0 Å². The average Bonchev–Trinajstić information content (AvgIpc) is 2.90. The molecule has 0 atom stereocenters. The number of aromatic hydroxyl groups is 1. The van der Waals surface area contributed by atoms with Crippen molar-refractivity contribution in [1.82, 2.24) is 18.7 Å². The van der Waals surface area contributed by atoms with Crippen molar-refractivity contribution < 1.29 is 5.11 Å². The molecule has 3 rings (SSSR count). The number of benzene rings is 1. The Balaban J connectivity index is 1.99. The maximum atomic E-state index is 12.3. The molecule has 0 aliphatic rings. The first-order chi connectivity index (χ1) is 11.4. The number of hydrogen-bond donors (Lipinski definition) is 2. The molecule has 0 saturated heterocycles. The fourth-order valence-electron chi connectivity index (χ4n) is 2.34. The molecular weight excluding hydrogens is 312 g/mol. The molecule has 24 heavy (non-hydrogen) atoms. The number of aryl methyl sites for hydroxylation is 2. The summed E-state index contributed by atoms with van der Waals surface area (Å²) in [5, 5.41) is 13.3. The van der Waals surface area contributed by atoms with Gasteiger partial charge >= 0.3 is 5.69 Å². The summed E-state index contributed by atoms with van der Waals surface area (Å²) in [5.41, 5.74) is 3.27. The molecule has 124 valence electrons. The molecule has 1 aromatic carbocycles. The maximum absolute atomic E-state index is 12.3. The highest BCUT2D eigenvalue weighted by Gasteiger charge is 2.16. The predicted octanol–water partition coefficient (Wildman–Crippen LogP) is 0.122. The molecule has 0 amide bonds. The van der Waals surface area contributed by atoms with Crippen LogP contribution < -0.4 is 16.7 Å². The lowest BCUT2D eigenvalue weighted by Crippen LogP contribution is -2.37. The number of nitrogens with one attached hydrogen (secondary N) is 1. The number of phenols is 1. The zero-order valence-corrected chi connectivity index (χ0v) is 13.4. The standard InChI is InChI=1S/C15H16N6O3/c1-19-11-12(20(2)15(24)21(3)13(11)23)17-14(19)18-16-8-9-4-6-10(22)7-5-9/h4-8,22H,1-3H3,(H,17,18)/b16-8-. The van der Waals surface area contributed by atoms with Crippen LogP contribution in [0.15, 0.2) is 39.0 Å². The number of hydrogen-bond acceptors (Lipinski definition) is 6. The highest BCUT2D eigenvalue weighted by Crippen LogP contribution is 2.13. The molecule has 2 heterocycles. The molecule has 2 N–H and O–H groups in total. The van der Waals surface area contributed by atoms with E-state index >= 15 is 0 Å². The van der Waals surface area contributed by atoms with Gasteiger partial charge in [0.2, 0.25) is 5.95 Å². The molecule has 0 spiro atoms. The van der Waals surface area contributed by atoms with Crippen LogP contribution in [0.4, 0.5) is 5.95 Å². The number of imidazole rings is 1. The fraction of sp³-hybridized carbons (Fsp3) is 0.200. The summed E-state index contributed by atoms with van der Waals surface area (Å²) in [4.78, 5) is 28.5. The monoisotopic (exact) mass is 328 g/mol. The topological polar surface area (TPSA) is 106 Å². The van der Waals surface area contributed by atoms with Gasteiger partial charge in [0.25, 0.3) is 5.56 Å². The van der Waals surface area contributed by atoms with Gasteiger partial charge in [-0.15, -0.1) is 0 Å². The van der Waals surface area contributed by atoms with Crippen LogP contribution in [0.2, 0.25) is 0 Å². The molecule has 9 nitrogen and oxygen atoms in total. The fourth-order valence-corrected chi connectivity index (χ4v) is 2.34. The van der Waals surface area contributed by atoms with Gasteiger partial charge in [0.1, 0.15) is 5.75 Å². The van der Waals surface area contributed by atoms with Crippen molar-refractivity contribution in [3.8, 4) is 5.75 Å². The second-order valence-corrected chi connectivity index (χ2v) is 5.33. The van der Waals surface area contributed by atoms with Crippen molar-refractivity contribution in [1.29, 1.82) is 0 Å². The van der Waals surface area contributed by atoms with Crippen LogP contribution in [0, 0.1) is 0 Å². The molecule has 0 aliphatic heterocycles. The summed E-state index contributed by atoms with van der Waals surface area (Å²) in [6, 6.07) is 6.51. The van der Waals surface area contributed by atoms with E-state index in [1.165, 1.54) is 11.6 Å². The SMILES string of the molecule is Cn1c(=O)c2c(nc(N/N=C\c3ccc(O)cc3)n2C)n(C)c1=O. The number of phenolic OH excluding ortho intramolecular Hbond substituents is 1. The van der Waals surface area contributed by atoms with Crippen LogP contribution in [0.25, 0.3) is 11.2 Å². The van der Waals surface area contributed by atoms with Crippen molar-refractivity contribution in [2.24, 2.45) is 26.2 Å². The van der Waals surface area contributed by atoms with E-state index in [2.05, 4.69) is 15.5 Å². The summed E-state index contributed by atoms with van der Waals surface area (Å²) in [6.45, 7) is 0. The van der Waals surface area contributed by atoms with Crippen LogP contribution >= 0.6 is 0 Å². The number of aromatic nitrogens is 4. The first kappa shape index (κ1) is 15.5. The smallest absolute Gasteiger partial charge is 0.332 e. The van der Waals surface area contributed by atoms with Gasteiger partial charge in [0.15, 0.2) is 11.2 Å². The molecule has 0 radical (unpaired) electrons. The number of nitrogens with zero attached hydrogens (tertiary/aromatic N) is 5. The highest BCUT2D eigenvalue weighted by molar-refractivity contribution is 5.80. The van der Waals surface area contributed by atoms with Crippen molar-refractivity contribution in [2.75, 3.05) is 5.43 Å². The van der Waals surface area contributed by atoms with Crippen LogP contribution in [-0.2, 0) is 21.1 Å². The minimum Gasteiger partial charge on any atom is -0.508 e. The quantitative estimate of drug-likeness (QED) is 0.525. The van der Waals surface area contributed by atoms with Crippen LogP contribution in [-0.4, -0.2) is 30.0 Å². The number of rotatable bonds is 3. The predicted molar refractivity (Wildman–Crippen MR) is 90.5 cm³/mol. The van der Waals surface area contributed by atoms with Gasteiger partial charge in [-0.05, 0) is 29.8 Å². The van der Waals surface area contributed by atoms with Gasteiger partial charge in [0, 0.05) is 21.1 Å². The number of anilines is 1. The Labute approximate surface area is 136 Å². The lowest BCUT2D eigenvalue weighted by molar-refractivity contribution is 0.475. The molecule has 0 unspecified atom stereocenters. The Morgan fingerprint density at radius 3 is 2.42 bits per heavy atom. The maximum Gasteiger partial charge on any atom is 0.332 e. The van der Waals surface area contributed by atoms with Gasteiger partial charge in [-0.25, -0.2) is 10.2 Å². The molecule has 3 aromatic rings. The largest absolute Gasteiger partial charge is 0.508 e. The third-order valence-corrected chi connectivity index (χ3v) is 3.75. The van der Waals surface area contributed by atoms with Gasteiger partial charge < -0.3 is 9.67 Å². The van der Waals surface area contributed by atoms with Gasteiger partial charge in [-0.3, -0.25) is 13.9 Å². The summed E-state index contributed by atoms with van der Waals surface area (Å²) >= 11 is 0. The number of hydrazone groups is 1. The van der Waals surface area contributed by atoms with E-state index in [1.807, 2.05) is 0 Å². The van der Waals surface area contributed by atoms with Crippen LogP contribution in [0.5, 0.6) is 5.75 Å². The Bertz CT molecular complexity index is 1060. The summed E-state index contributed by atoms with van der Waals surface area (Å²) in [5.74, 6) is 0.505. The highest BCUT2D eigenvalue weighted by atomic mass is 16.3. The first-order valence-electron chi connectivity index (χ1n) is 7.10. The van der Waals surface area contributed by atoms with Crippen molar-refractivity contribution in [2.45, 2.75) is 0 Å². The van der Waals surface area contributed by atoms with Gasteiger partial charge in [-0.2, -0.15) is 10.1 Å². The third-order valence-electron chi connectivity index (χ3n) is 3.75. The first-order valence-corrected chi connectivity index (χ1v) is 7.10. The molecule has 9 heteroatoms. The molecule has 0 saturated carbocycles. The van der Waals surface area contributed by atoms with Crippen LogP contribution in [0.3, 0.4) is 0 Å². The Morgan fingerprint density at radius 2 is 1.75 bits per heavy atom. The van der Waals surface area contributed by atoms with E-state index in [-0.39, 0.29) is 11.4 Å². The summed E-state index contributed by atoms with van der Waals surface area (Å²) < 4.78 is 3.89.